The SMILES string of the molecule is CNc1nnc(-c2ccccc2O)cc1N1CCN(C2CCN(C(=O)COc3cc([C@H](C(=O)N4CC[C@@H](O)C4)C(C)C)on3)CC2C)C[C@@H]1C. The zero-order valence-electron chi connectivity index (χ0n) is 29.7. The van der Waals surface area contributed by atoms with Crippen molar-refractivity contribution in [3.05, 3.63) is 42.2 Å². The first-order chi connectivity index (χ1) is 24.0. The topological polar surface area (TPSA) is 161 Å². The Hall–Kier alpha value is -4.43. The number of hydrogen-bond acceptors (Lipinski definition) is 12. The van der Waals surface area contributed by atoms with Crippen molar-refractivity contribution < 1.29 is 29.1 Å². The van der Waals surface area contributed by atoms with Crippen LogP contribution in [-0.4, -0.2) is 130 Å². The van der Waals surface area contributed by atoms with Crippen molar-refractivity contribution in [3.63, 3.8) is 0 Å². The fraction of sp³-hybridized carbons (Fsp3) is 0.583. The second-order valence-corrected chi connectivity index (χ2v) is 14.2. The molecule has 2 aromatic heterocycles. The number of β-amino-alcohol motifs (C(OH)–C–C–N with tert-alkyl or cyclic N) is 1. The lowest BCUT2D eigenvalue weighted by Gasteiger charge is -2.48. The van der Waals surface area contributed by atoms with Gasteiger partial charge in [0.2, 0.25) is 5.91 Å². The highest BCUT2D eigenvalue weighted by molar-refractivity contribution is 5.84. The number of carbonyl (C=O) groups is 2. The third kappa shape index (κ3) is 7.51. The molecule has 3 N–H and O–H groups in total. The molecule has 6 rings (SSSR count). The summed E-state index contributed by atoms with van der Waals surface area (Å²) in [7, 11) is 1.84. The number of hydrogen-bond donors (Lipinski definition) is 3. The quantitative estimate of drug-likeness (QED) is 0.286. The number of likely N-dealkylation sites (tertiary alicyclic amines) is 2. The number of rotatable bonds is 10. The molecule has 50 heavy (non-hydrogen) atoms. The standard InChI is InChI=1S/C36H50N8O6/c1-22(2)34(36(48)43-12-10-25(45)20-43)31-17-32(40-50-31)49-21-33(47)42-13-11-28(23(3)18-42)41-14-15-44(24(4)19-41)29-16-27(38-39-35(29)37-5)26-8-6-7-9-30(26)46/h6-9,16-17,22-25,28,34,45-46H,10-15,18-21H2,1-5H3,(H,37,39)/t23?,24-,25+,28?,34+/m0/s1. The van der Waals surface area contributed by atoms with Crippen LogP contribution >= 0.6 is 0 Å². The van der Waals surface area contributed by atoms with Crippen molar-refractivity contribution in [2.75, 3.05) is 69.7 Å². The Morgan fingerprint density at radius 1 is 1.02 bits per heavy atom. The van der Waals surface area contributed by atoms with Crippen LogP contribution in [0.3, 0.4) is 0 Å². The third-order valence-corrected chi connectivity index (χ3v) is 10.4. The lowest BCUT2D eigenvalue weighted by atomic mass is 9.91. The smallest absolute Gasteiger partial charge is 0.260 e. The zero-order chi connectivity index (χ0) is 35.5. The second kappa shape index (κ2) is 15.2. The molecule has 2 unspecified atom stereocenters. The van der Waals surface area contributed by atoms with Crippen molar-refractivity contribution in [1.82, 2.24) is 30.1 Å². The van der Waals surface area contributed by atoms with Gasteiger partial charge in [-0.1, -0.05) is 32.9 Å². The fourth-order valence-corrected chi connectivity index (χ4v) is 7.74. The zero-order valence-corrected chi connectivity index (χ0v) is 29.7. The number of piperidine rings is 1. The first kappa shape index (κ1) is 35.4. The number of nitrogens with one attached hydrogen (secondary N) is 1. The van der Waals surface area contributed by atoms with Crippen molar-refractivity contribution in [1.29, 1.82) is 0 Å². The molecule has 5 atom stereocenters. The minimum absolute atomic E-state index is 0.0437. The number of aromatic nitrogens is 3. The van der Waals surface area contributed by atoms with Gasteiger partial charge in [0.15, 0.2) is 18.2 Å². The average Bonchev–Trinajstić information content (AvgIpc) is 3.76. The maximum atomic E-state index is 13.2. The van der Waals surface area contributed by atoms with Gasteiger partial charge >= 0.3 is 0 Å². The van der Waals surface area contributed by atoms with Gasteiger partial charge in [-0.05, 0) is 55.0 Å². The highest BCUT2D eigenvalue weighted by Gasteiger charge is 2.38. The van der Waals surface area contributed by atoms with Crippen LogP contribution in [0.5, 0.6) is 11.6 Å². The van der Waals surface area contributed by atoms with Crippen LogP contribution in [0.2, 0.25) is 0 Å². The second-order valence-electron chi connectivity index (χ2n) is 14.2. The van der Waals surface area contributed by atoms with Gasteiger partial charge in [-0.15, -0.1) is 10.2 Å². The van der Waals surface area contributed by atoms with Gasteiger partial charge in [-0.2, -0.15) is 0 Å². The molecule has 1 aromatic carbocycles. The van der Waals surface area contributed by atoms with Crippen LogP contribution in [0.1, 0.15) is 52.2 Å². The van der Waals surface area contributed by atoms with E-state index in [2.05, 4.69) is 44.3 Å². The highest BCUT2D eigenvalue weighted by atomic mass is 16.5. The van der Waals surface area contributed by atoms with E-state index in [4.69, 9.17) is 9.26 Å². The Balaban J connectivity index is 1.02. The Bertz CT molecular complexity index is 1650. The number of phenolic OH excluding ortho intramolecular Hbond substituents is 1. The van der Waals surface area contributed by atoms with Gasteiger partial charge in [0, 0.05) is 76.6 Å². The van der Waals surface area contributed by atoms with Crippen LogP contribution < -0.4 is 15.0 Å². The molecule has 0 radical (unpaired) electrons. The number of anilines is 2. The molecule has 3 aromatic rings. The van der Waals surface area contributed by atoms with Gasteiger partial charge in [-0.3, -0.25) is 14.5 Å². The number of ether oxygens (including phenoxy) is 1. The number of piperazine rings is 1. The molecule has 14 nitrogen and oxygen atoms in total. The summed E-state index contributed by atoms with van der Waals surface area (Å²) < 4.78 is 11.3. The Morgan fingerprint density at radius 3 is 2.48 bits per heavy atom. The van der Waals surface area contributed by atoms with E-state index in [1.165, 1.54) is 0 Å². The van der Waals surface area contributed by atoms with Gasteiger partial charge in [0.1, 0.15) is 11.7 Å². The van der Waals surface area contributed by atoms with Gasteiger partial charge in [0.25, 0.3) is 11.8 Å². The minimum Gasteiger partial charge on any atom is -0.507 e. The number of amides is 2. The first-order valence-electron chi connectivity index (χ1n) is 17.7. The highest BCUT2D eigenvalue weighted by Crippen LogP contribution is 2.35. The monoisotopic (exact) mass is 690 g/mol. The number of aliphatic hydroxyl groups excluding tert-OH is 1. The number of phenols is 1. The molecule has 5 heterocycles. The predicted octanol–water partition coefficient (Wildman–Crippen LogP) is 3.04. The summed E-state index contributed by atoms with van der Waals surface area (Å²) in [6.45, 7) is 12.8. The van der Waals surface area contributed by atoms with E-state index in [0.29, 0.717) is 61.5 Å². The molecule has 0 spiro atoms. The predicted molar refractivity (Wildman–Crippen MR) is 188 cm³/mol. The number of aliphatic hydroxyl groups is 1. The molecule has 3 fully saturated rings. The molecule has 0 aliphatic carbocycles. The number of aromatic hydroxyl groups is 1. The largest absolute Gasteiger partial charge is 0.507 e. The Kier molecular flexibility index (Phi) is 10.8. The van der Waals surface area contributed by atoms with Crippen molar-refractivity contribution in [2.45, 2.75) is 64.6 Å². The van der Waals surface area contributed by atoms with Gasteiger partial charge < -0.3 is 39.5 Å². The Morgan fingerprint density at radius 2 is 1.80 bits per heavy atom. The van der Waals surface area contributed by atoms with E-state index in [0.717, 1.165) is 31.7 Å². The summed E-state index contributed by atoms with van der Waals surface area (Å²) in [6.07, 6.45) is 0.940. The summed E-state index contributed by atoms with van der Waals surface area (Å²) in [5.74, 6) is 0.932. The number of para-hydroxylation sites is 1. The van der Waals surface area contributed by atoms with E-state index < -0.39 is 12.0 Å². The van der Waals surface area contributed by atoms with Crippen LogP contribution in [0.4, 0.5) is 11.5 Å². The number of benzene rings is 1. The molecule has 0 saturated carbocycles. The summed E-state index contributed by atoms with van der Waals surface area (Å²) in [4.78, 5) is 34.9. The van der Waals surface area contributed by atoms with E-state index in [9.17, 15) is 19.8 Å². The summed E-state index contributed by atoms with van der Waals surface area (Å²) in [5, 5.41) is 36.3. The van der Waals surface area contributed by atoms with Crippen LogP contribution in [0, 0.1) is 11.8 Å². The number of nitrogens with zero attached hydrogens (tertiary/aromatic N) is 7. The van der Waals surface area contributed by atoms with Crippen LogP contribution in [0.15, 0.2) is 40.9 Å². The molecule has 3 aliphatic heterocycles. The minimum atomic E-state index is -0.543. The summed E-state index contributed by atoms with van der Waals surface area (Å²) in [5.41, 5.74) is 2.23. The van der Waals surface area contributed by atoms with Crippen LogP contribution in [0.25, 0.3) is 11.3 Å². The molecule has 3 aliphatic rings. The maximum absolute atomic E-state index is 13.2. The van der Waals surface area contributed by atoms with Gasteiger partial charge in [0.05, 0.1) is 17.5 Å². The summed E-state index contributed by atoms with van der Waals surface area (Å²) >= 11 is 0. The van der Waals surface area contributed by atoms with Crippen LogP contribution in [-0.2, 0) is 9.59 Å². The number of carbonyl (C=O) groups excluding carboxylic acids is 2. The maximum Gasteiger partial charge on any atom is 0.260 e. The molecule has 270 valence electrons. The van der Waals surface area contributed by atoms with E-state index in [1.54, 1.807) is 23.1 Å². The van der Waals surface area contributed by atoms with Gasteiger partial charge in [-0.25, -0.2) is 0 Å². The fourth-order valence-electron chi connectivity index (χ4n) is 7.74. The molecule has 2 amide bonds. The molecular formula is C36H50N8O6. The van der Waals surface area contributed by atoms with Crippen molar-refractivity contribution in [2.24, 2.45) is 11.8 Å². The lowest BCUT2D eigenvalue weighted by molar-refractivity contribution is -0.136. The average molecular weight is 691 g/mol. The van der Waals surface area contributed by atoms with Crippen molar-refractivity contribution >= 4 is 23.3 Å². The molecule has 0 bridgehead atoms. The normalized spacial score (nSPS) is 23.7. The first-order valence-corrected chi connectivity index (χ1v) is 17.7. The molecule has 14 heteroatoms. The lowest BCUT2D eigenvalue weighted by Crippen LogP contribution is -2.59. The molecular weight excluding hydrogens is 640 g/mol. The van der Waals surface area contributed by atoms with E-state index in [1.807, 2.05) is 44.0 Å². The Labute approximate surface area is 293 Å². The third-order valence-electron chi connectivity index (χ3n) is 10.4. The molecule has 3 saturated heterocycles. The van der Waals surface area contributed by atoms with E-state index >= 15 is 0 Å². The van der Waals surface area contributed by atoms with Crippen molar-refractivity contribution in [3.8, 4) is 22.9 Å². The van der Waals surface area contributed by atoms with E-state index in [-0.39, 0.29) is 47.9 Å². The summed E-state index contributed by atoms with van der Waals surface area (Å²) in [6, 6.07) is 11.3.